The zero-order valence-electron chi connectivity index (χ0n) is 2.55. The van der Waals surface area contributed by atoms with E-state index in [1.807, 2.05) is 0 Å². The van der Waals surface area contributed by atoms with E-state index in [4.69, 9.17) is 19.2 Å². The quantitative estimate of drug-likeness (QED) is 0.303. The topological polar surface area (TPSA) is 77.8 Å². The molecule has 3 N–H and O–H groups in total. The molecule has 0 bridgehead atoms. The van der Waals surface area contributed by atoms with Crippen LogP contribution in [0.25, 0.3) is 0 Å². The largest absolute Gasteiger partial charge is 0 e. The standard InChI is InChI=1S/Al.Ca.Fe.H3O4P.5H/c;;;1-5(2,3)4;;;;;/h;;;(H3,1,2,3,4);;;;;. The summed E-state index contributed by atoms with van der Waals surface area (Å²) < 4.78 is 8.88. The Morgan fingerprint density at radius 3 is 1.12 bits per heavy atom. The molecule has 0 fully saturated rings. The average molecular weight is 226 g/mol. The summed E-state index contributed by atoms with van der Waals surface area (Å²) in [5.41, 5.74) is 0. The van der Waals surface area contributed by atoms with E-state index in [0.717, 1.165) is 0 Å². The predicted molar refractivity (Wildman–Crippen MR) is 32.7 cm³/mol. The zero-order valence-corrected chi connectivity index (χ0v) is 4.55. The molecule has 0 aromatic rings. The Morgan fingerprint density at radius 1 is 1.12 bits per heavy atom. The van der Waals surface area contributed by atoms with E-state index in [-0.39, 0.29) is 72.2 Å². The summed E-state index contributed by atoms with van der Waals surface area (Å²) in [5.74, 6) is 0. The van der Waals surface area contributed by atoms with Crippen LogP contribution in [0.15, 0.2) is 0 Å². The van der Waals surface area contributed by atoms with Crippen molar-refractivity contribution in [2.75, 3.05) is 0 Å². The van der Waals surface area contributed by atoms with Crippen LogP contribution in [-0.2, 0) is 21.6 Å². The maximum Gasteiger partial charge on any atom is 0 e. The molecule has 0 aliphatic heterocycles. The second-order valence-corrected chi connectivity index (χ2v) is 1.54. The molecule has 0 amide bonds. The summed E-state index contributed by atoms with van der Waals surface area (Å²) in [6.45, 7) is 0. The normalized spacial score (nSPS) is 7.38. The molecule has 0 atom stereocenters. The summed E-state index contributed by atoms with van der Waals surface area (Å²) in [6, 6.07) is 0. The van der Waals surface area contributed by atoms with E-state index in [0.29, 0.717) is 0 Å². The number of hydrogen-bond donors (Lipinski definition) is 3. The van der Waals surface area contributed by atoms with Crippen LogP contribution in [-0.4, -0.2) is 69.8 Å². The van der Waals surface area contributed by atoms with Gasteiger partial charge in [-0.05, 0) is 0 Å². The van der Waals surface area contributed by atoms with Crippen LogP contribution in [0, 0.1) is 0 Å². The summed E-state index contributed by atoms with van der Waals surface area (Å²) in [7, 11) is -4.64. The molecule has 0 heterocycles. The molecule has 0 spiro atoms. The molecule has 4 nitrogen and oxygen atoms in total. The molecule has 0 aliphatic rings. The number of hydrogen-bond acceptors (Lipinski definition) is 1. The fourth-order valence-corrected chi connectivity index (χ4v) is 0. The van der Waals surface area contributed by atoms with Crippen LogP contribution in [0.5, 0.6) is 0 Å². The van der Waals surface area contributed by atoms with Crippen molar-refractivity contribution in [1.29, 1.82) is 0 Å². The van der Waals surface area contributed by atoms with Gasteiger partial charge in [-0.1, -0.05) is 0 Å². The zero-order chi connectivity index (χ0) is 4.50. The van der Waals surface area contributed by atoms with Crippen molar-refractivity contribution < 1.29 is 36.3 Å². The first-order valence-electron chi connectivity index (χ1n) is 0.783. The first-order valence-corrected chi connectivity index (χ1v) is 2.35. The van der Waals surface area contributed by atoms with Gasteiger partial charge in [0.05, 0.1) is 0 Å². The van der Waals surface area contributed by atoms with Crippen molar-refractivity contribution in [2.45, 2.75) is 0 Å². The third kappa shape index (κ3) is 79.1. The van der Waals surface area contributed by atoms with Gasteiger partial charge in [-0.25, -0.2) is 4.57 Å². The Kier molecular flexibility index (Phi) is 26.4. The average Bonchev–Trinajstić information content (AvgIpc) is 0.722. The van der Waals surface area contributed by atoms with Crippen LogP contribution in [0.1, 0.15) is 0 Å². The molecule has 0 aromatic carbocycles. The fourth-order valence-electron chi connectivity index (χ4n) is 0. The van der Waals surface area contributed by atoms with Gasteiger partial charge in [-0.15, -0.1) is 0 Å². The van der Waals surface area contributed by atoms with Crippen LogP contribution in [0.4, 0.5) is 0 Å². The van der Waals surface area contributed by atoms with Gasteiger partial charge in [0.2, 0.25) is 0 Å². The Morgan fingerprint density at radius 2 is 1.12 bits per heavy atom. The van der Waals surface area contributed by atoms with Gasteiger partial charge < -0.3 is 14.7 Å². The summed E-state index contributed by atoms with van der Waals surface area (Å²) >= 11 is 0. The van der Waals surface area contributed by atoms with Crippen LogP contribution in [0.3, 0.4) is 0 Å². The number of rotatable bonds is 0. The molecule has 0 unspecified atom stereocenters. The minimum Gasteiger partial charge on any atom is 0 e. The molecule has 50 valence electrons. The Balaban J connectivity index is -0.0000000267. The minimum atomic E-state index is -4.64. The Bertz CT molecular complexity index is 62.2. The smallest absolute Gasteiger partial charge is 0 e. The van der Waals surface area contributed by atoms with Crippen molar-refractivity contribution in [3.05, 3.63) is 0 Å². The van der Waals surface area contributed by atoms with Crippen molar-refractivity contribution in [1.82, 2.24) is 0 Å². The van der Waals surface area contributed by atoms with Gasteiger partial charge in [0.15, 0.2) is 17.4 Å². The van der Waals surface area contributed by atoms with Crippen molar-refractivity contribution in [3.63, 3.8) is 0 Å². The maximum atomic E-state index is 8.88. The van der Waals surface area contributed by atoms with Gasteiger partial charge in [-0.2, -0.15) is 0 Å². The first kappa shape index (κ1) is 22.4. The molecule has 0 saturated carbocycles. The van der Waals surface area contributed by atoms with E-state index in [1.54, 1.807) is 0 Å². The second-order valence-electron chi connectivity index (χ2n) is 0.513. The van der Waals surface area contributed by atoms with Crippen LogP contribution in [0.2, 0.25) is 0 Å². The summed E-state index contributed by atoms with van der Waals surface area (Å²) in [5, 5.41) is 0. The molecule has 0 rings (SSSR count). The van der Waals surface area contributed by atoms with Crippen molar-refractivity contribution in [3.8, 4) is 0 Å². The van der Waals surface area contributed by atoms with E-state index < -0.39 is 7.82 Å². The van der Waals surface area contributed by atoms with Gasteiger partial charge in [0, 0.05) is 17.1 Å². The molecule has 0 radical (unpaired) electrons. The van der Waals surface area contributed by atoms with Gasteiger partial charge in [-0.3, -0.25) is 0 Å². The van der Waals surface area contributed by atoms with E-state index >= 15 is 0 Å². The van der Waals surface area contributed by atoms with Gasteiger partial charge in [0.1, 0.15) is 0 Å². The molecular formula is H8AlCaFeO4P. The summed E-state index contributed by atoms with van der Waals surface area (Å²) in [4.78, 5) is 21.6. The summed E-state index contributed by atoms with van der Waals surface area (Å²) in [6.07, 6.45) is 0. The fraction of sp³-hybridized carbons (Fsp3) is 0. The molecule has 8 heteroatoms. The van der Waals surface area contributed by atoms with Gasteiger partial charge >= 0.3 is 45.6 Å². The van der Waals surface area contributed by atoms with Crippen molar-refractivity contribution in [2.24, 2.45) is 0 Å². The third-order valence-electron chi connectivity index (χ3n) is 0. The van der Waals surface area contributed by atoms with Crippen molar-refractivity contribution >= 4 is 62.9 Å². The van der Waals surface area contributed by atoms with Crippen LogP contribution >= 0.6 is 7.82 Å². The molecule has 0 saturated heterocycles. The number of phosphoric acid groups is 1. The monoisotopic (exact) mass is 226 g/mol. The SMILES string of the molecule is O=P(O)(O)O.[AlH3].[CaH2].[Fe]. The van der Waals surface area contributed by atoms with Gasteiger partial charge in [0.25, 0.3) is 0 Å². The minimum absolute atomic E-state index is 0. The Labute approximate surface area is 97.9 Å². The maximum absolute atomic E-state index is 8.88. The van der Waals surface area contributed by atoms with Crippen LogP contribution < -0.4 is 0 Å². The second kappa shape index (κ2) is 9.42. The molecular weight excluding hydrogens is 218 g/mol. The third-order valence-corrected chi connectivity index (χ3v) is 0. The first-order chi connectivity index (χ1) is 2.00. The molecule has 0 aromatic heterocycles. The van der Waals surface area contributed by atoms with E-state index in [2.05, 4.69) is 0 Å². The van der Waals surface area contributed by atoms with E-state index in [1.165, 1.54) is 0 Å². The molecule has 0 aliphatic carbocycles. The van der Waals surface area contributed by atoms with E-state index in [9.17, 15) is 0 Å². The predicted octanol–water partition coefficient (Wildman–Crippen LogP) is -3.03. The molecule has 8 heavy (non-hydrogen) atoms. The Hall–Kier alpha value is 2.42.